The number of carbonyl (C=O) groups excluding carboxylic acids is 1. The maximum atomic E-state index is 12.5. The van der Waals surface area contributed by atoms with E-state index >= 15 is 0 Å². The smallest absolute Gasteiger partial charge is 0.256 e. The third-order valence-electron chi connectivity index (χ3n) is 3.37. The molecule has 3 nitrogen and oxygen atoms in total. The molecule has 3 aromatic rings. The van der Waals surface area contributed by atoms with Gasteiger partial charge in [0.15, 0.2) is 0 Å². The number of aryl methyl sites for hydroxylation is 2. The quantitative estimate of drug-likeness (QED) is 0.765. The number of carbonyl (C=O) groups is 1. The van der Waals surface area contributed by atoms with Crippen LogP contribution in [0.1, 0.15) is 21.5 Å². The average molecular weight is 276 g/mol. The monoisotopic (exact) mass is 276 g/mol. The predicted octanol–water partition coefficient (Wildman–Crippen LogP) is 4.10. The zero-order valence-electron chi connectivity index (χ0n) is 12.1. The largest absolute Gasteiger partial charge is 0.322 e. The van der Waals surface area contributed by atoms with Crippen molar-refractivity contribution < 1.29 is 4.79 Å². The van der Waals surface area contributed by atoms with Crippen LogP contribution in [0.15, 0.2) is 54.7 Å². The van der Waals surface area contributed by atoms with Gasteiger partial charge >= 0.3 is 0 Å². The summed E-state index contributed by atoms with van der Waals surface area (Å²) in [6.45, 7) is 4.04. The highest BCUT2D eigenvalue weighted by Gasteiger charge is 2.10. The highest BCUT2D eigenvalue weighted by Crippen LogP contribution is 2.19. The van der Waals surface area contributed by atoms with Gasteiger partial charge in [0.1, 0.15) is 0 Å². The molecule has 0 saturated heterocycles. The summed E-state index contributed by atoms with van der Waals surface area (Å²) in [4.78, 5) is 16.8. The number of amides is 1. The number of pyridine rings is 1. The van der Waals surface area contributed by atoms with Crippen LogP contribution >= 0.6 is 0 Å². The van der Waals surface area contributed by atoms with Gasteiger partial charge in [-0.25, -0.2) is 0 Å². The molecule has 3 rings (SSSR count). The summed E-state index contributed by atoms with van der Waals surface area (Å²) in [5.41, 5.74) is 4.54. The van der Waals surface area contributed by atoms with Gasteiger partial charge in [-0.3, -0.25) is 9.78 Å². The van der Waals surface area contributed by atoms with Crippen molar-refractivity contribution in [2.24, 2.45) is 0 Å². The Bertz CT molecular complexity index is 799. The molecule has 0 aliphatic heterocycles. The van der Waals surface area contributed by atoms with Crippen LogP contribution in [0, 0.1) is 13.8 Å². The van der Waals surface area contributed by atoms with Gasteiger partial charge in [-0.2, -0.15) is 0 Å². The highest BCUT2D eigenvalue weighted by atomic mass is 16.1. The lowest BCUT2D eigenvalue weighted by Crippen LogP contribution is -2.12. The van der Waals surface area contributed by atoms with E-state index in [0.717, 1.165) is 27.7 Å². The summed E-state index contributed by atoms with van der Waals surface area (Å²) in [6.07, 6.45) is 1.73. The molecular weight excluding hydrogens is 260 g/mol. The first kappa shape index (κ1) is 13.3. The minimum absolute atomic E-state index is 0.112. The minimum atomic E-state index is -0.112. The van der Waals surface area contributed by atoms with Gasteiger partial charge in [0.05, 0.1) is 5.52 Å². The number of fused-ring (bicyclic) bond motifs is 1. The normalized spacial score (nSPS) is 10.6. The van der Waals surface area contributed by atoms with Gasteiger partial charge in [-0.1, -0.05) is 18.2 Å². The minimum Gasteiger partial charge on any atom is -0.322 e. The Kier molecular flexibility index (Phi) is 3.40. The van der Waals surface area contributed by atoms with E-state index in [-0.39, 0.29) is 5.91 Å². The van der Waals surface area contributed by atoms with Crippen molar-refractivity contribution in [1.82, 2.24) is 4.98 Å². The van der Waals surface area contributed by atoms with Gasteiger partial charge in [0.25, 0.3) is 5.91 Å². The summed E-state index contributed by atoms with van der Waals surface area (Å²) in [5.74, 6) is -0.112. The Morgan fingerprint density at radius 1 is 1.00 bits per heavy atom. The number of benzene rings is 2. The van der Waals surface area contributed by atoms with Crippen LogP contribution in [0.4, 0.5) is 5.69 Å². The second-order valence-corrected chi connectivity index (χ2v) is 5.21. The summed E-state index contributed by atoms with van der Waals surface area (Å²) in [5, 5.41) is 3.83. The van der Waals surface area contributed by atoms with Gasteiger partial charge in [0.2, 0.25) is 0 Å². The molecule has 0 saturated carbocycles. The molecule has 0 aliphatic carbocycles. The number of rotatable bonds is 2. The molecule has 1 amide bonds. The first-order chi connectivity index (χ1) is 10.1. The Labute approximate surface area is 123 Å². The molecule has 0 aliphatic rings. The Morgan fingerprint density at radius 3 is 2.52 bits per heavy atom. The molecule has 2 aromatic carbocycles. The van der Waals surface area contributed by atoms with Crippen molar-refractivity contribution in [3.8, 4) is 0 Å². The van der Waals surface area contributed by atoms with E-state index in [1.165, 1.54) is 0 Å². The standard InChI is InChI=1S/C18H16N2O/c1-12-9-13(2)11-14(10-12)20-18(21)16-5-3-7-17-15(16)6-4-8-19-17/h3-11H,1-2H3,(H,20,21). The number of anilines is 1. The van der Waals surface area contributed by atoms with Gasteiger partial charge in [-0.15, -0.1) is 0 Å². The molecule has 1 heterocycles. The van der Waals surface area contributed by atoms with Crippen LogP contribution in [-0.2, 0) is 0 Å². The maximum absolute atomic E-state index is 12.5. The van der Waals surface area contributed by atoms with Crippen LogP contribution in [0.2, 0.25) is 0 Å². The molecule has 21 heavy (non-hydrogen) atoms. The predicted molar refractivity (Wildman–Crippen MR) is 85.6 cm³/mol. The SMILES string of the molecule is Cc1cc(C)cc(NC(=O)c2cccc3ncccc23)c1. The van der Waals surface area contributed by atoms with Crippen molar-refractivity contribution in [3.05, 3.63) is 71.4 Å². The van der Waals surface area contributed by atoms with E-state index in [2.05, 4.69) is 16.4 Å². The van der Waals surface area contributed by atoms with Crippen LogP contribution < -0.4 is 5.32 Å². The fourth-order valence-corrected chi connectivity index (χ4v) is 2.55. The lowest BCUT2D eigenvalue weighted by molar-refractivity contribution is 0.102. The second-order valence-electron chi connectivity index (χ2n) is 5.21. The third-order valence-corrected chi connectivity index (χ3v) is 3.37. The van der Waals surface area contributed by atoms with Crippen LogP contribution in [0.5, 0.6) is 0 Å². The summed E-state index contributed by atoms with van der Waals surface area (Å²) < 4.78 is 0. The molecule has 1 N–H and O–H groups in total. The highest BCUT2D eigenvalue weighted by molar-refractivity contribution is 6.12. The topological polar surface area (TPSA) is 42.0 Å². The van der Waals surface area contributed by atoms with Crippen LogP contribution in [0.25, 0.3) is 10.9 Å². The van der Waals surface area contributed by atoms with Gasteiger partial charge in [-0.05, 0) is 55.3 Å². The molecular formula is C18H16N2O. The Hall–Kier alpha value is -2.68. The molecule has 3 heteroatoms. The maximum Gasteiger partial charge on any atom is 0.256 e. The fraction of sp³-hybridized carbons (Fsp3) is 0.111. The zero-order valence-corrected chi connectivity index (χ0v) is 12.1. The van der Waals surface area contributed by atoms with Crippen molar-refractivity contribution in [3.63, 3.8) is 0 Å². The molecule has 0 fully saturated rings. The van der Waals surface area contributed by atoms with Gasteiger partial charge < -0.3 is 5.32 Å². The lowest BCUT2D eigenvalue weighted by Gasteiger charge is -2.09. The van der Waals surface area contributed by atoms with Crippen molar-refractivity contribution in [1.29, 1.82) is 0 Å². The number of aromatic nitrogens is 1. The van der Waals surface area contributed by atoms with Crippen molar-refractivity contribution in [2.45, 2.75) is 13.8 Å². The lowest BCUT2D eigenvalue weighted by atomic mass is 10.1. The van der Waals surface area contributed by atoms with Crippen LogP contribution in [-0.4, -0.2) is 10.9 Å². The summed E-state index contributed by atoms with van der Waals surface area (Å²) in [6, 6.07) is 15.4. The first-order valence-corrected chi connectivity index (χ1v) is 6.87. The third kappa shape index (κ3) is 2.77. The summed E-state index contributed by atoms with van der Waals surface area (Å²) >= 11 is 0. The number of hydrogen-bond acceptors (Lipinski definition) is 2. The van der Waals surface area contributed by atoms with E-state index in [4.69, 9.17) is 0 Å². The van der Waals surface area contributed by atoms with E-state index in [0.29, 0.717) is 5.56 Å². The van der Waals surface area contributed by atoms with E-state index < -0.39 is 0 Å². The molecule has 104 valence electrons. The fourth-order valence-electron chi connectivity index (χ4n) is 2.55. The Morgan fingerprint density at radius 2 is 1.76 bits per heavy atom. The molecule has 0 atom stereocenters. The van der Waals surface area contributed by atoms with E-state index in [1.54, 1.807) is 6.20 Å². The zero-order chi connectivity index (χ0) is 14.8. The second kappa shape index (κ2) is 5.37. The molecule has 0 radical (unpaired) electrons. The average Bonchev–Trinajstić information content (AvgIpc) is 2.45. The van der Waals surface area contributed by atoms with Gasteiger partial charge in [0, 0.05) is 22.8 Å². The van der Waals surface area contributed by atoms with Crippen molar-refractivity contribution >= 4 is 22.5 Å². The number of hydrogen-bond donors (Lipinski definition) is 1. The van der Waals surface area contributed by atoms with Crippen LogP contribution in [0.3, 0.4) is 0 Å². The Balaban J connectivity index is 1.97. The summed E-state index contributed by atoms with van der Waals surface area (Å²) in [7, 11) is 0. The van der Waals surface area contributed by atoms with E-state index in [9.17, 15) is 4.79 Å². The molecule has 0 spiro atoms. The molecule has 1 aromatic heterocycles. The molecule has 0 bridgehead atoms. The van der Waals surface area contributed by atoms with E-state index in [1.807, 2.05) is 56.3 Å². The first-order valence-electron chi connectivity index (χ1n) is 6.87. The van der Waals surface area contributed by atoms with Crippen molar-refractivity contribution in [2.75, 3.05) is 5.32 Å². The molecule has 0 unspecified atom stereocenters. The number of nitrogens with one attached hydrogen (secondary N) is 1. The number of nitrogens with zero attached hydrogens (tertiary/aromatic N) is 1.